The Hall–Kier alpha value is -1.61. The molecular formula is C16H24F2N4O3. The summed E-state index contributed by atoms with van der Waals surface area (Å²) in [5.74, 6) is -1.56. The molecule has 7 nitrogen and oxygen atoms in total. The van der Waals surface area contributed by atoms with Crippen LogP contribution in [0.4, 0.5) is 8.78 Å². The molecule has 1 aliphatic heterocycles. The fraction of sp³-hybridized carbons (Fsp3) is 0.812. The lowest BCUT2D eigenvalue weighted by atomic mass is 9.92. The van der Waals surface area contributed by atoms with E-state index in [4.69, 9.17) is 9.26 Å². The zero-order valence-electron chi connectivity index (χ0n) is 14.3. The highest BCUT2D eigenvalue weighted by Gasteiger charge is 2.36. The maximum absolute atomic E-state index is 13.2. The number of carbonyl (C=O) groups is 1. The summed E-state index contributed by atoms with van der Waals surface area (Å²) in [6.07, 6.45) is 1.83. The Bertz CT molecular complexity index is 586. The highest BCUT2D eigenvalue weighted by molar-refractivity contribution is 5.78. The normalized spacial score (nSPS) is 24.2. The smallest absolute Gasteiger partial charge is 0.249 e. The summed E-state index contributed by atoms with van der Waals surface area (Å²) in [6, 6.07) is -0.162. The number of hydrogen-bond donors (Lipinski definition) is 1. The first-order chi connectivity index (χ1) is 12.0. The number of methoxy groups -OCH3 is 1. The molecule has 0 radical (unpaired) electrons. The van der Waals surface area contributed by atoms with E-state index in [0.717, 1.165) is 0 Å². The monoisotopic (exact) mass is 358 g/mol. The number of hydrogen-bond acceptors (Lipinski definition) is 6. The van der Waals surface area contributed by atoms with Crippen molar-refractivity contribution in [3.8, 4) is 0 Å². The van der Waals surface area contributed by atoms with Crippen LogP contribution in [-0.2, 0) is 16.1 Å². The van der Waals surface area contributed by atoms with Gasteiger partial charge in [-0.2, -0.15) is 4.98 Å². The van der Waals surface area contributed by atoms with E-state index < -0.39 is 5.92 Å². The fourth-order valence-electron chi connectivity index (χ4n) is 3.41. The van der Waals surface area contributed by atoms with Crippen molar-refractivity contribution in [1.82, 2.24) is 20.4 Å². The molecule has 0 aromatic carbocycles. The van der Waals surface area contributed by atoms with Crippen LogP contribution in [0.3, 0.4) is 0 Å². The highest BCUT2D eigenvalue weighted by Crippen LogP contribution is 2.33. The lowest BCUT2D eigenvalue weighted by molar-refractivity contribution is -0.130. The second-order valence-corrected chi connectivity index (χ2v) is 6.69. The predicted octanol–water partition coefficient (Wildman–Crippen LogP) is 2.05. The first-order valence-corrected chi connectivity index (χ1v) is 8.70. The van der Waals surface area contributed by atoms with Crippen LogP contribution in [0.25, 0.3) is 0 Å². The molecule has 25 heavy (non-hydrogen) atoms. The number of nitrogens with one attached hydrogen (secondary N) is 1. The van der Waals surface area contributed by atoms with Crippen molar-refractivity contribution in [3.63, 3.8) is 0 Å². The molecule has 2 aliphatic rings. The minimum Gasteiger partial charge on any atom is -0.383 e. The molecule has 1 saturated carbocycles. The molecule has 1 amide bonds. The SMILES string of the molecule is COCCN1C(=O)CC[C@H]1c1nc(CNC2CCC(F)(F)CC2)no1. The van der Waals surface area contributed by atoms with Gasteiger partial charge in [0.15, 0.2) is 5.82 Å². The first kappa shape index (κ1) is 18.2. The number of likely N-dealkylation sites (tertiary alicyclic amines) is 1. The average Bonchev–Trinajstić information content (AvgIpc) is 3.18. The van der Waals surface area contributed by atoms with Gasteiger partial charge >= 0.3 is 0 Å². The molecule has 140 valence electrons. The minimum absolute atomic E-state index is 0.0489. The van der Waals surface area contributed by atoms with Crippen molar-refractivity contribution in [2.24, 2.45) is 0 Å². The number of rotatable bonds is 7. The summed E-state index contributed by atoms with van der Waals surface area (Å²) in [5, 5.41) is 7.16. The molecule has 0 bridgehead atoms. The summed E-state index contributed by atoms with van der Waals surface area (Å²) in [4.78, 5) is 18.0. The van der Waals surface area contributed by atoms with Crippen LogP contribution >= 0.6 is 0 Å². The van der Waals surface area contributed by atoms with E-state index in [1.165, 1.54) is 0 Å². The number of halogens is 2. The number of carbonyl (C=O) groups excluding carboxylic acids is 1. The summed E-state index contributed by atoms with van der Waals surface area (Å²) in [7, 11) is 1.59. The largest absolute Gasteiger partial charge is 0.383 e. The van der Waals surface area contributed by atoms with Crippen LogP contribution in [0, 0.1) is 0 Å². The molecule has 3 rings (SSSR count). The maximum atomic E-state index is 13.2. The molecule has 2 fully saturated rings. The van der Waals surface area contributed by atoms with E-state index in [2.05, 4.69) is 15.5 Å². The Labute approximate surface area is 145 Å². The van der Waals surface area contributed by atoms with Crippen molar-refractivity contribution < 1.29 is 22.8 Å². The third-order valence-corrected chi connectivity index (χ3v) is 4.90. The molecule has 1 atom stereocenters. The zero-order chi connectivity index (χ0) is 17.9. The maximum Gasteiger partial charge on any atom is 0.249 e. The number of ether oxygens (including phenoxy) is 1. The molecule has 0 spiro atoms. The van der Waals surface area contributed by atoms with Gasteiger partial charge in [0.05, 0.1) is 13.2 Å². The van der Waals surface area contributed by atoms with Crippen LogP contribution in [-0.4, -0.2) is 53.2 Å². The summed E-state index contributed by atoms with van der Waals surface area (Å²) < 4.78 is 36.7. The number of alkyl halides is 2. The van der Waals surface area contributed by atoms with Gasteiger partial charge in [-0.05, 0) is 19.3 Å². The molecule has 1 saturated heterocycles. The second kappa shape index (κ2) is 7.74. The van der Waals surface area contributed by atoms with Crippen LogP contribution in [0.5, 0.6) is 0 Å². The first-order valence-electron chi connectivity index (χ1n) is 8.70. The zero-order valence-corrected chi connectivity index (χ0v) is 14.3. The number of nitrogens with zero attached hydrogens (tertiary/aromatic N) is 3. The summed E-state index contributed by atoms with van der Waals surface area (Å²) >= 11 is 0. The Balaban J connectivity index is 1.53. The van der Waals surface area contributed by atoms with Crippen molar-refractivity contribution in [3.05, 3.63) is 11.7 Å². The van der Waals surface area contributed by atoms with Gasteiger partial charge < -0.3 is 19.5 Å². The van der Waals surface area contributed by atoms with Crippen molar-refractivity contribution in [2.75, 3.05) is 20.3 Å². The predicted molar refractivity (Wildman–Crippen MR) is 83.9 cm³/mol. The fourth-order valence-corrected chi connectivity index (χ4v) is 3.41. The Morgan fingerprint density at radius 1 is 1.36 bits per heavy atom. The minimum atomic E-state index is -2.53. The molecule has 1 N–H and O–H groups in total. The van der Waals surface area contributed by atoms with Crippen LogP contribution in [0.1, 0.15) is 56.3 Å². The van der Waals surface area contributed by atoms with Gasteiger partial charge in [0, 0.05) is 39.0 Å². The van der Waals surface area contributed by atoms with Gasteiger partial charge in [-0.1, -0.05) is 5.16 Å². The highest BCUT2D eigenvalue weighted by atomic mass is 19.3. The standard InChI is InChI=1S/C16H24F2N4O3/c1-24-9-8-22-12(2-3-14(22)23)15-20-13(21-25-15)10-19-11-4-6-16(17,18)7-5-11/h11-12,19H,2-10H2,1H3/t12-/m0/s1. The number of amides is 1. The van der Waals surface area contributed by atoms with Gasteiger partial charge in [-0.3, -0.25) is 4.79 Å². The summed E-state index contributed by atoms with van der Waals surface area (Å²) in [5.41, 5.74) is 0. The van der Waals surface area contributed by atoms with Crippen molar-refractivity contribution in [2.45, 2.75) is 63.1 Å². The molecule has 1 aromatic rings. The molecular weight excluding hydrogens is 334 g/mol. The summed E-state index contributed by atoms with van der Waals surface area (Å²) in [6.45, 7) is 1.32. The van der Waals surface area contributed by atoms with E-state index in [0.29, 0.717) is 57.1 Å². The van der Waals surface area contributed by atoms with Gasteiger partial charge in [0.1, 0.15) is 6.04 Å². The quantitative estimate of drug-likeness (QED) is 0.803. The third-order valence-electron chi connectivity index (χ3n) is 4.90. The Morgan fingerprint density at radius 3 is 2.84 bits per heavy atom. The topological polar surface area (TPSA) is 80.5 Å². The molecule has 1 aliphatic carbocycles. The average molecular weight is 358 g/mol. The Morgan fingerprint density at radius 2 is 2.12 bits per heavy atom. The molecule has 9 heteroatoms. The third kappa shape index (κ3) is 4.52. The van der Waals surface area contributed by atoms with Crippen LogP contribution in [0.2, 0.25) is 0 Å². The van der Waals surface area contributed by atoms with Gasteiger partial charge in [0.2, 0.25) is 17.7 Å². The van der Waals surface area contributed by atoms with Crippen LogP contribution < -0.4 is 5.32 Å². The van der Waals surface area contributed by atoms with Gasteiger partial charge in [-0.25, -0.2) is 8.78 Å². The van der Waals surface area contributed by atoms with E-state index in [1.807, 2.05) is 0 Å². The van der Waals surface area contributed by atoms with Crippen molar-refractivity contribution >= 4 is 5.91 Å². The second-order valence-electron chi connectivity index (χ2n) is 6.69. The van der Waals surface area contributed by atoms with E-state index in [-0.39, 0.29) is 30.8 Å². The van der Waals surface area contributed by atoms with E-state index in [1.54, 1.807) is 12.0 Å². The Kier molecular flexibility index (Phi) is 5.63. The lowest BCUT2D eigenvalue weighted by Gasteiger charge is -2.28. The number of aromatic nitrogens is 2. The van der Waals surface area contributed by atoms with Gasteiger partial charge in [0.25, 0.3) is 0 Å². The van der Waals surface area contributed by atoms with Gasteiger partial charge in [-0.15, -0.1) is 0 Å². The molecule has 2 heterocycles. The molecule has 1 aromatic heterocycles. The van der Waals surface area contributed by atoms with E-state index >= 15 is 0 Å². The molecule has 0 unspecified atom stereocenters. The van der Waals surface area contributed by atoms with E-state index in [9.17, 15) is 13.6 Å². The van der Waals surface area contributed by atoms with Crippen LogP contribution in [0.15, 0.2) is 4.52 Å². The van der Waals surface area contributed by atoms with Crippen molar-refractivity contribution in [1.29, 1.82) is 0 Å². The lowest BCUT2D eigenvalue weighted by Crippen LogP contribution is -2.36.